The third-order valence-electron chi connectivity index (χ3n) is 4.28. The molecule has 0 amide bonds. The van der Waals surface area contributed by atoms with Gasteiger partial charge in [-0.05, 0) is 64.3 Å². The first-order valence-corrected chi connectivity index (χ1v) is 15.8. The van der Waals surface area contributed by atoms with E-state index in [9.17, 15) is 4.79 Å². The maximum atomic E-state index is 12.5. The van der Waals surface area contributed by atoms with Crippen LogP contribution in [0.25, 0.3) is 0 Å². The van der Waals surface area contributed by atoms with Crippen LogP contribution in [0.4, 0.5) is 0 Å². The van der Waals surface area contributed by atoms with Gasteiger partial charge in [-0.1, -0.05) is 12.1 Å². The maximum Gasteiger partial charge on any atom is 0.184 e. The summed E-state index contributed by atoms with van der Waals surface area (Å²) in [5, 5.41) is 0. The summed E-state index contributed by atoms with van der Waals surface area (Å²) in [6.07, 6.45) is 0.346. The number of benzene rings is 1. The largest absolute Gasteiger partial charge is 0.496 e. The highest BCUT2D eigenvalue weighted by molar-refractivity contribution is 6.70. The highest BCUT2D eigenvalue weighted by Crippen LogP contribution is 2.49. The Morgan fingerprint density at radius 1 is 1.04 bits per heavy atom. The molecule has 0 bridgehead atoms. The van der Waals surface area contributed by atoms with Gasteiger partial charge in [-0.2, -0.15) is 0 Å². The second kappa shape index (κ2) is 7.35. The van der Waals surface area contributed by atoms with Crippen LogP contribution in [0.15, 0.2) is 18.2 Å². The number of rotatable bonds is 6. The average molecular weight is 381 g/mol. The van der Waals surface area contributed by atoms with Crippen LogP contribution in [0.1, 0.15) is 36.7 Å². The Morgan fingerprint density at radius 2 is 1.64 bits per heavy atom. The van der Waals surface area contributed by atoms with E-state index in [4.69, 9.17) is 13.6 Å². The SMILES string of the molecule is COc1cccc2c1[C@H](O[Si](C)(C)C)C(C(C)=O)C[C@@H]2O[Si](C)(C)C. The van der Waals surface area contributed by atoms with Crippen molar-refractivity contribution < 1.29 is 18.4 Å². The minimum Gasteiger partial charge on any atom is -0.496 e. The third-order valence-corrected chi connectivity index (χ3v) is 6.24. The summed E-state index contributed by atoms with van der Waals surface area (Å²) in [5.74, 6) is 0.747. The molecule has 1 aromatic rings. The lowest BCUT2D eigenvalue weighted by Gasteiger charge is -2.41. The number of hydrogen-bond donors (Lipinski definition) is 0. The van der Waals surface area contributed by atoms with Crippen LogP contribution in [-0.4, -0.2) is 29.5 Å². The van der Waals surface area contributed by atoms with Crippen molar-refractivity contribution >= 4 is 22.4 Å². The minimum absolute atomic E-state index is 0.0767. The monoisotopic (exact) mass is 380 g/mol. The lowest BCUT2D eigenvalue weighted by atomic mass is 9.77. The topological polar surface area (TPSA) is 44.8 Å². The van der Waals surface area contributed by atoms with Gasteiger partial charge in [0.15, 0.2) is 16.6 Å². The molecule has 0 radical (unpaired) electrons. The lowest BCUT2D eigenvalue weighted by molar-refractivity contribution is -0.126. The first-order chi connectivity index (χ1) is 11.4. The van der Waals surface area contributed by atoms with Crippen molar-refractivity contribution in [1.29, 1.82) is 0 Å². The Kier molecular flexibility index (Phi) is 5.98. The van der Waals surface area contributed by atoms with Crippen LogP contribution >= 0.6 is 0 Å². The van der Waals surface area contributed by atoms with Gasteiger partial charge in [-0.3, -0.25) is 4.79 Å². The molecule has 140 valence electrons. The molecule has 1 aliphatic rings. The molecule has 0 heterocycles. The van der Waals surface area contributed by atoms with Crippen molar-refractivity contribution in [3.63, 3.8) is 0 Å². The van der Waals surface area contributed by atoms with Crippen molar-refractivity contribution in [2.75, 3.05) is 7.11 Å². The van der Waals surface area contributed by atoms with Crippen molar-refractivity contribution in [2.45, 2.75) is 64.8 Å². The standard InChI is InChI=1S/C19H32O4Si2/c1-13(20)15-12-17(22-24(3,4)5)14-10-9-11-16(21-2)18(14)19(15)23-25(6,7)8/h9-11,15,17,19H,12H2,1-8H3/t15?,17-,19+/m0/s1. The van der Waals surface area contributed by atoms with Crippen molar-refractivity contribution in [3.8, 4) is 5.75 Å². The van der Waals surface area contributed by atoms with Gasteiger partial charge in [0.1, 0.15) is 11.5 Å². The Bertz CT molecular complexity index is 631. The summed E-state index contributed by atoms with van der Waals surface area (Å²) < 4.78 is 18.6. The molecule has 0 fully saturated rings. The molecular weight excluding hydrogens is 348 g/mol. The molecule has 3 atom stereocenters. The zero-order valence-electron chi connectivity index (χ0n) is 16.8. The van der Waals surface area contributed by atoms with Gasteiger partial charge in [0.05, 0.1) is 19.3 Å². The third kappa shape index (κ3) is 5.03. The second-order valence-corrected chi connectivity index (χ2v) is 17.7. The molecular formula is C19H32O4Si2. The minimum atomic E-state index is -1.85. The van der Waals surface area contributed by atoms with Crippen LogP contribution in [0, 0.1) is 5.92 Å². The average Bonchev–Trinajstić information content (AvgIpc) is 2.45. The first-order valence-electron chi connectivity index (χ1n) is 8.96. The van der Waals surface area contributed by atoms with E-state index in [0.717, 1.165) is 16.9 Å². The molecule has 1 aromatic carbocycles. The lowest BCUT2D eigenvalue weighted by Crippen LogP contribution is -2.39. The molecule has 0 saturated heterocycles. The quantitative estimate of drug-likeness (QED) is 0.645. The van der Waals surface area contributed by atoms with Crippen molar-refractivity contribution in [1.82, 2.24) is 0 Å². The number of ether oxygens (including phenoxy) is 1. The fourth-order valence-corrected chi connectivity index (χ4v) is 5.57. The Balaban J connectivity index is 2.59. The highest BCUT2D eigenvalue weighted by Gasteiger charge is 2.43. The molecule has 4 nitrogen and oxygen atoms in total. The van der Waals surface area contributed by atoms with Crippen LogP contribution in [-0.2, 0) is 13.6 Å². The van der Waals surface area contributed by atoms with Gasteiger partial charge in [-0.15, -0.1) is 0 Å². The Morgan fingerprint density at radius 3 is 2.12 bits per heavy atom. The molecule has 0 aromatic heterocycles. The molecule has 0 aliphatic heterocycles. The van der Waals surface area contributed by atoms with Gasteiger partial charge in [0.25, 0.3) is 0 Å². The fraction of sp³-hybridized carbons (Fsp3) is 0.632. The molecule has 25 heavy (non-hydrogen) atoms. The summed E-state index contributed by atoms with van der Waals surface area (Å²) in [5.41, 5.74) is 2.12. The fourth-order valence-electron chi connectivity index (χ4n) is 3.45. The van der Waals surface area contributed by atoms with Gasteiger partial charge in [0.2, 0.25) is 0 Å². The summed E-state index contributed by atoms with van der Waals surface area (Å²) in [6, 6.07) is 6.05. The van der Waals surface area contributed by atoms with E-state index in [-0.39, 0.29) is 23.9 Å². The van der Waals surface area contributed by atoms with Crippen LogP contribution in [0.5, 0.6) is 5.75 Å². The first kappa shape index (κ1) is 20.4. The predicted molar refractivity (Wildman–Crippen MR) is 106 cm³/mol. The summed E-state index contributed by atoms with van der Waals surface area (Å²) in [6.45, 7) is 14.7. The number of fused-ring (bicyclic) bond motifs is 1. The number of ketones is 1. The van der Waals surface area contributed by atoms with E-state index in [1.54, 1.807) is 14.0 Å². The molecule has 0 spiro atoms. The number of methoxy groups -OCH3 is 1. The van der Waals surface area contributed by atoms with E-state index in [0.29, 0.717) is 6.42 Å². The van der Waals surface area contributed by atoms with Crippen molar-refractivity contribution in [2.24, 2.45) is 5.92 Å². The van der Waals surface area contributed by atoms with Gasteiger partial charge >= 0.3 is 0 Å². The zero-order chi connectivity index (χ0) is 19.0. The Hall–Kier alpha value is -0.956. The van der Waals surface area contributed by atoms with Gasteiger partial charge in [0, 0.05) is 11.5 Å². The van der Waals surface area contributed by atoms with E-state index >= 15 is 0 Å². The molecule has 1 aliphatic carbocycles. The summed E-state index contributed by atoms with van der Waals surface area (Å²) in [4.78, 5) is 12.5. The summed E-state index contributed by atoms with van der Waals surface area (Å²) >= 11 is 0. The van der Waals surface area contributed by atoms with Gasteiger partial charge < -0.3 is 13.6 Å². The number of hydrogen-bond acceptors (Lipinski definition) is 4. The molecule has 0 saturated carbocycles. The van der Waals surface area contributed by atoms with Crippen LogP contribution < -0.4 is 4.74 Å². The summed E-state index contributed by atoms with van der Waals surface area (Å²) in [7, 11) is -1.93. The number of carbonyl (C=O) groups is 1. The Labute approximate surface area is 154 Å². The zero-order valence-corrected chi connectivity index (χ0v) is 18.8. The molecule has 2 rings (SSSR count). The number of Topliss-reactive ketones (excluding diaryl/α,β-unsaturated/α-hetero) is 1. The van der Waals surface area contributed by atoms with E-state index in [2.05, 4.69) is 45.3 Å². The van der Waals surface area contributed by atoms with E-state index in [1.807, 2.05) is 12.1 Å². The molecule has 6 heteroatoms. The van der Waals surface area contributed by atoms with Gasteiger partial charge in [-0.25, -0.2) is 0 Å². The predicted octanol–water partition coefficient (Wildman–Crippen LogP) is 5.09. The molecule has 1 unspecified atom stereocenters. The number of carbonyl (C=O) groups excluding carboxylic acids is 1. The van der Waals surface area contributed by atoms with E-state index in [1.165, 1.54) is 0 Å². The van der Waals surface area contributed by atoms with Crippen LogP contribution in [0.3, 0.4) is 0 Å². The smallest absolute Gasteiger partial charge is 0.184 e. The maximum absolute atomic E-state index is 12.5. The highest BCUT2D eigenvalue weighted by atomic mass is 28.4. The van der Waals surface area contributed by atoms with Crippen molar-refractivity contribution in [3.05, 3.63) is 29.3 Å². The normalized spacial score (nSPS) is 23.9. The molecule has 0 N–H and O–H groups in total. The second-order valence-electron chi connectivity index (χ2n) is 8.79. The van der Waals surface area contributed by atoms with E-state index < -0.39 is 16.6 Å². The van der Waals surface area contributed by atoms with Crippen LogP contribution in [0.2, 0.25) is 39.3 Å².